The molecule has 1 aromatic rings. The highest BCUT2D eigenvalue weighted by Crippen LogP contribution is 2.16. The van der Waals surface area contributed by atoms with E-state index in [0.29, 0.717) is 5.92 Å². The quantitative estimate of drug-likeness (QED) is 0.887. The first-order chi connectivity index (χ1) is 7.77. The molecule has 1 aromatic heterocycles. The van der Waals surface area contributed by atoms with Crippen molar-refractivity contribution < 1.29 is 4.79 Å². The van der Waals surface area contributed by atoms with Crippen molar-refractivity contribution in [3.8, 4) is 0 Å². The summed E-state index contributed by atoms with van der Waals surface area (Å²) >= 11 is 1.52. The zero-order valence-corrected chi connectivity index (χ0v) is 11.6. The minimum atomic E-state index is 0. The van der Waals surface area contributed by atoms with Gasteiger partial charge in [0, 0.05) is 6.54 Å². The molecular formula is C12H19ClN2OS. The van der Waals surface area contributed by atoms with Crippen LogP contribution in [-0.4, -0.2) is 25.5 Å². The van der Waals surface area contributed by atoms with Gasteiger partial charge in [-0.1, -0.05) is 0 Å². The van der Waals surface area contributed by atoms with E-state index in [4.69, 9.17) is 0 Å². The molecule has 2 heterocycles. The molecule has 0 atom stereocenters. The summed E-state index contributed by atoms with van der Waals surface area (Å²) in [5.74, 6) is 0.733. The summed E-state index contributed by atoms with van der Waals surface area (Å²) in [5.41, 5.74) is 1.08. The van der Waals surface area contributed by atoms with Crippen LogP contribution in [0.1, 0.15) is 28.1 Å². The largest absolute Gasteiger partial charge is 0.351 e. The Kier molecular flexibility index (Phi) is 5.95. The molecule has 0 aromatic carbocycles. The highest BCUT2D eigenvalue weighted by Gasteiger charge is 2.15. The fourth-order valence-corrected chi connectivity index (χ4v) is 2.85. The van der Waals surface area contributed by atoms with Crippen LogP contribution in [0, 0.1) is 12.8 Å². The van der Waals surface area contributed by atoms with Crippen molar-refractivity contribution in [1.29, 1.82) is 0 Å². The van der Waals surface area contributed by atoms with Crippen LogP contribution in [-0.2, 0) is 0 Å². The molecular weight excluding hydrogens is 256 g/mol. The average molecular weight is 275 g/mol. The van der Waals surface area contributed by atoms with Gasteiger partial charge in [-0.3, -0.25) is 4.79 Å². The van der Waals surface area contributed by atoms with Gasteiger partial charge in [0.25, 0.3) is 5.91 Å². The number of aryl methyl sites for hydroxylation is 1. The Hall–Kier alpha value is -0.580. The number of hydrogen-bond acceptors (Lipinski definition) is 3. The minimum Gasteiger partial charge on any atom is -0.351 e. The molecule has 1 fully saturated rings. The Morgan fingerprint density at radius 3 is 2.82 bits per heavy atom. The van der Waals surface area contributed by atoms with Crippen molar-refractivity contribution in [3.05, 3.63) is 21.9 Å². The number of halogens is 1. The summed E-state index contributed by atoms with van der Waals surface area (Å²) in [4.78, 5) is 12.7. The minimum absolute atomic E-state index is 0. The van der Waals surface area contributed by atoms with Crippen LogP contribution in [0.15, 0.2) is 11.4 Å². The molecule has 1 aliphatic rings. The van der Waals surface area contributed by atoms with Crippen molar-refractivity contribution in [1.82, 2.24) is 10.6 Å². The fourth-order valence-electron chi connectivity index (χ4n) is 2.01. The van der Waals surface area contributed by atoms with E-state index in [9.17, 15) is 4.79 Å². The highest BCUT2D eigenvalue weighted by molar-refractivity contribution is 7.12. The van der Waals surface area contributed by atoms with Gasteiger partial charge in [0.1, 0.15) is 0 Å². The molecule has 1 saturated heterocycles. The van der Waals surface area contributed by atoms with Crippen LogP contribution < -0.4 is 10.6 Å². The second-order valence-electron chi connectivity index (χ2n) is 4.34. The molecule has 17 heavy (non-hydrogen) atoms. The molecule has 96 valence electrons. The third-order valence-electron chi connectivity index (χ3n) is 3.08. The van der Waals surface area contributed by atoms with Crippen LogP contribution in [0.2, 0.25) is 0 Å². The molecule has 0 bridgehead atoms. The molecule has 0 unspecified atom stereocenters. The number of thiophene rings is 1. The predicted octanol–water partition coefficient (Wildman–Crippen LogP) is 2.21. The molecule has 1 aliphatic heterocycles. The van der Waals surface area contributed by atoms with Crippen molar-refractivity contribution in [2.45, 2.75) is 19.8 Å². The van der Waals surface area contributed by atoms with Gasteiger partial charge in [-0.2, -0.15) is 0 Å². The van der Waals surface area contributed by atoms with Crippen LogP contribution in [0.3, 0.4) is 0 Å². The summed E-state index contributed by atoms with van der Waals surface area (Å²) < 4.78 is 0. The van der Waals surface area contributed by atoms with Crippen molar-refractivity contribution >= 4 is 29.7 Å². The van der Waals surface area contributed by atoms with E-state index in [0.717, 1.165) is 30.1 Å². The summed E-state index contributed by atoms with van der Waals surface area (Å²) in [7, 11) is 0. The van der Waals surface area contributed by atoms with Gasteiger partial charge in [-0.15, -0.1) is 23.7 Å². The van der Waals surface area contributed by atoms with Gasteiger partial charge in [0.15, 0.2) is 0 Å². The third-order valence-corrected chi connectivity index (χ3v) is 4.09. The molecule has 0 saturated carbocycles. The fraction of sp³-hybridized carbons (Fsp3) is 0.583. The Morgan fingerprint density at radius 2 is 2.24 bits per heavy atom. The average Bonchev–Trinajstić information content (AvgIpc) is 2.74. The van der Waals surface area contributed by atoms with E-state index < -0.39 is 0 Å². The lowest BCUT2D eigenvalue weighted by Gasteiger charge is -2.22. The second-order valence-corrected chi connectivity index (χ2v) is 5.25. The molecule has 2 N–H and O–H groups in total. The Labute approximate surface area is 112 Å². The first-order valence-corrected chi connectivity index (χ1v) is 6.68. The summed E-state index contributed by atoms with van der Waals surface area (Å²) in [6, 6.07) is 1.99. The van der Waals surface area contributed by atoms with Crippen LogP contribution in [0.4, 0.5) is 0 Å². The maximum Gasteiger partial charge on any atom is 0.261 e. The number of hydrogen-bond donors (Lipinski definition) is 2. The van der Waals surface area contributed by atoms with Gasteiger partial charge in [-0.05, 0) is 55.8 Å². The molecule has 5 heteroatoms. The van der Waals surface area contributed by atoms with E-state index in [2.05, 4.69) is 10.6 Å². The van der Waals surface area contributed by atoms with Gasteiger partial charge >= 0.3 is 0 Å². The molecule has 1 amide bonds. The highest BCUT2D eigenvalue weighted by atomic mass is 35.5. The van der Waals surface area contributed by atoms with Gasteiger partial charge in [-0.25, -0.2) is 0 Å². The third kappa shape index (κ3) is 3.98. The lowest BCUT2D eigenvalue weighted by atomic mass is 9.98. The summed E-state index contributed by atoms with van der Waals surface area (Å²) in [6.07, 6.45) is 2.34. The molecule has 3 nitrogen and oxygen atoms in total. The molecule has 0 radical (unpaired) electrons. The van der Waals surface area contributed by atoms with Crippen molar-refractivity contribution in [2.75, 3.05) is 19.6 Å². The molecule has 2 rings (SSSR count). The molecule has 0 spiro atoms. The number of nitrogens with one attached hydrogen (secondary N) is 2. The first-order valence-electron chi connectivity index (χ1n) is 5.80. The number of amides is 1. The summed E-state index contributed by atoms with van der Waals surface area (Å²) in [6.45, 7) is 4.96. The monoisotopic (exact) mass is 274 g/mol. The van der Waals surface area contributed by atoms with E-state index in [1.165, 1.54) is 24.2 Å². The number of rotatable bonds is 3. The van der Waals surface area contributed by atoms with Crippen molar-refractivity contribution in [2.24, 2.45) is 5.92 Å². The van der Waals surface area contributed by atoms with Crippen LogP contribution in [0.25, 0.3) is 0 Å². The van der Waals surface area contributed by atoms with E-state index in [1.54, 1.807) is 0 Å². The lowest BCUT2D eigenvalue weighted by molar-refractivity contribution is 0.0948. The topological polar surface area (TPSA) is 41.1 Å². The zero-order valence-electron chi connectivity index (χ0n) is 9.99. The van der Waals surface area contributed by atoms with E-state index in [-0.39, 0.29) is 18.3 Å². The normalized spacial score (nSPS) is 16.3. The van der Waals surface area contributed by atoms with E-state index in [1.807, 2.05) is 18.4 Å². The smallest absolute Gasteiger partial charge is 0.261 e. The Bertz CT molecular complexity index is 361. The zero-order chi connectivity index (χ0) is 11.4. The van der Waals surface area contributed by atoms with E-state index >= 15 is 0 Å². The SMILES string of the molecule is Cc1ccsc1C(=O)NCC1CCNCC1.Cl. The Morgan fingerprint density at radius 1 is 1.53 bits per heavy atom. The Balaban J connectivity index is 0.00000144. The molecule has 0 aliphatic carbocycles. The number of carbonyl (C=O) groups is 1. The van der Waals surface area contributed by atoms with Gasteiger partial charge in [0.05, 0.1) is 4.88 Å². The standard InChI is InChI=1S/C12H18N2OS.ClH/c1-9-4-7-16-11(9)12(15)14-8-10-2-5-13-6-3-10;/h4,7,10,13H,2-3,5-6,8H2,1H3,(H,14,15);1H. The van der Waals surface area contributed by atoms with Crippen LogP contribution in [0.5, 0.6) is 0 Å². The van der Waals surface area contributed by atoms with Gasteiger partial charge in [0.2, 0.25) is 0 Å². The lowest BCUT2D eigenvalue weighted by Crippen LogP contribution is -2.35. The predicted molar refractivity (Wildman–Crippen MR) is 74.2 cm³/mol. The number of carbonyl (C=O) groups excluding carboxylic acids is 1. The maximum atomic E-state index is 11.9. The van der Waals surface area contributed by atoms with Gasteiger partial charge < -0.3 is 10.6 Å². The first kappa shape index (κ1) is 14.5. The number of piperidine rings is 1. The van der Waals surface area contributed by atoms with Crippen molar-refractivity contribution in [3.63, 3.8) is 0 Å². The maximum absolute atomic E-state index is 11.9. The van der Waals surface area contributed by atoms with Crippen LogP contribution >= 0.6 is 23.7 Å². The summed E-state index contributed by atoms with van der Waals surface area (Å²) in [5, 5.41) is 8.33. The second kappa shape index (κ2) is 6.99.